The van der Waals surface area contributed by atoms with Gasteiger partial charge in [-0.3, -0.25) is 28.8 Å². The predicted octanol–water partition coefficient (Wildman–Crippen LogP) is 2.83. The number of hydrogen-bond donors (Lipinski definition) is 4. The van der Waals surface area contributed by atoms with Gasteiger partial charge in [-0.05, 0) is 83.6 Å². The van der Waals surface area contributed by atoms with Crippen molar-refractivity contribution in [2.24, 2.45) is 17.8 Å². The number of fused-ring (bicyclic) bond motifs is 1. The Morgan fingerprint density at radius 1 is 1.00 bits per heavy atom. The molecule has 3 unspecified atom stereocenters. The van der Waals surface area contributed by atoms with Crippen molar-refractivity contribution in [3.05, 3.63) is 22.4 Å². The highest BCUT2D eigenvalue weighted by Gasteiger charge is 2.56. The van der Waals surface area contributed by atoms with E-state index in [-0.39, 0.29) is 36.6 Å². The molecule has 6 amide bonds. The largest absolute Gasteiger partial charge is 0.444 e. The Labute approximate surface area is 327 Å². The molecule has 55 heavy (non-hydrogen) atoms. The first kappa shape index (κ1) is 42.1. The third-order valence-electron chi connectivity index (χ3n) is 10.8. The number of carbonyl (C=O) groups is 7. The molecule has 1 aromatic rings. The maximum atomic E-state index is 14.6. The minimum Gasteiger partial charge on any atom is -0.444 e. The van der Waals surface area contributed by atoms with Crippen LogP contribution in [0.1, 0.15) is 103 Å². The molecule has 0 bridgehead atoms. The number of ether oxygens (including phenoxy) is 2. The summed E-state index contributed by atoms with van der Waals surface area (Å²) in [6.07, 6.45) is 5.56. The number of Topliss-reactive ketones (excluding diaryl/α,β-unsaturated/α-hetero) is 1. The number of likely N-dealkylation sites (N-methyl/N-ethyl adjacent to an activating group) is 1. The first-order chi connectivity index (χ1) is 25.8. The Morgan fingerprint density at radius 3 is 2.29 bits per heavy atom. The SMILES string of the molecule is CN(C)C(=O)C(NC(=O)CNC(=O)C(=O)C(CC1CC1)NC(=O)[C@@H]1[C@@H]2CC(C)(C)O[C@@H]2CN1C(=O)C(NC(=O)OC(C)(C)C)C1CCCCC1)c1cccs1. The maximum Gasteiger partial charge on any atom is 0.408 e. The van der Waals surface area contributed by atoms with Gasteiger partial charge in [0.2, 0.25) is 29.4 Å². The first-order valence-electron chi connectivity index (χ1n) is 19.5. The van der Waals surface area contributed by atoms with E-state index in [1.165, 1.54) is 21.1 Å². The highest BCUT2D eigenvalue weighted by atomic mass is 32.1. The summed E-state index contributed by atoms with van der Waals surface area (Å²) in [4.78, 5) is 98.2. The Kier molecular flexibility index (Phi) is 13.3. The van der Waals surface area contributed by atoms with Gasteiger partial charge >= 0.3 is 6.09 Å². The molecular weight excluding hydrogens is 729 g/mol. The molecule has 0 radical (unpaired) electrons. The Balaban J connectivity index is 1.31. The molecular formula is C39H58N6O9S. The van der Waals surface area contributed by atoms with E-state index in [1.807, 2.05) is 13.8 Å². The third-order valence-corrected chi connectivity index (χ3v) is 11.7. The molecule has 3 heterocycles. The average Bonchev–Trinajstić information content (AvgIpc) is 3.48. The molecule has 2 saturated heterocycles. The van der Waals surface area contributed by atoms with E-state index >= 15 is 0 Å². The van der Waals surface area contributed by atoms with Gasteiger partial charge in [-0.2, -0.15) is 0 Å². The minimum absolute atomic E-state index is 0.129. The van der Waals surface area contributed by atoms with Crippen LogP contribution in [0.2, 0.25) is 0 Å². The van der Waals surface area contributed by atoms with Crippen molar-refractivity contribution < 1.29 is 43.0 Å². The summed E-state index contributed by atoms with van der Waals surface area (Å²) >= 11 is 1.30. The number of nitrogens with one attached hydrogen (secondary N) is 4. The van der Waals surface area contributed by atoms with Crippen LogP contribution in [0.15, 0.2) is 17.5 Å². The van der Waals surface area contributed by atoms with E-state index in [1.54, 1.807) is 52.4 Å². The second-order valence-corrected chi connectivity index (χ2v) is 18.3. The van der Waals surface area contributed by atoms with E-state index in [0.29, 0.717) is 11.3 Å². The maximum absolute atomic E-state index is 14.6. The van der Waals surface area contributed by atoms with Crippen LogP contribution in [0.5, 0.6) is 0 Å². The van der Waals surface area contributed by atoms with Crippen LogP contribution in [0.3, 0.4) is 0 Å². The lowest BCUT2D eigenvalue weighted by Crippen LogP contribution is -2.59. The van der Waals surface area contributed by atoms with E-state index in [0.717, 1.165) is 44.9 Å². The van der Waals surface area contributed by atoms with Gasteiger partial charge in [0.05, 0.1) is 24.3 Å². The quantitative estimate of drug-likeness (QED) is 0.205. The molecule has 5 rings (SSSR count). The van der Waals surface area contributed by atoms with Crippen LogP contribution in [0.4, 0.5) is 4.79 Å². The molecule has 2 aliphatic heterocycles. The Bertz CT molecular complexity index is 1600. The number of alkyl carbamates (subject to hydrolysis) is 1. The summed E-state index contributed by atoms with van der Waals surface area (Å²) in [5, 5.41) is 12.5. The fourth-order valence-electron chi connectivity index (χ4n) is 8.06. The molecule has 1 aromatic heterocycles. The molecule has 6 atom stereocenters. The van der Waals surface area contributed by atoms with Gasteiger partial charge in [-0.1, -0.05) is 38.2 Å². The number of amides is 6. The third kappa shape index (κ3) is 11.0. The zero-order valence-corrected chi connectivity index (χ0v) is 33.9. The highest BCUT2D eigenvalue weighted by molar-refractivity contribution is 7.10. The van der Waals surface area contributed by atoms with Crippen LogP contribution in [0, 0.1) is 17.8 Å². The first-order valence-corrected chi connectivity index (χ1v) is 20.4. The summed E-state index contributed by atoms with van der Waals surface area (Å²) in [5.74, 6) is -4.36. The number of ketones is 1. The molecule has 0 spiro atoms. The van der Waals surface area contributed by atoms with Gasteiger partial charge < -0.3 is 40.5 Å². The molecule has 2 aliphatic carbocycles. The summed E-state index contributed by atoms with van der Waals surface area (Å²) in [6.45, 7) is 8.66. The molecule has 0 aromatic carbocycles. The predicted molar refractivity (Wildman–Crippen MR) is 203 cm³/mol. The van der Waals surface area contributed by atoms with Gasteiger partial charge in [-0.15, -0.1) is 11.3 Å². The molecule has 2 saturated carbocycles. The van der Waals surface area contributed by atoms with Crippen LogP contribution in [-0.2, 0) is 38.2 Å². The van der Waals surface area contributed by atoms with Crippen molar-refractivity contribution in [2.45, 2.75) is 134 Å². The van der Waals surface area contributed by atoms with Crippen molar-refractivity contribution in [1.82, 2.24) is 31.1 Å². The summed E-state index contributed by atoms with van der Waals surface area (Å²) < 4.78 is 11.9. The van der Waals surface area contributed by atoms with Gasteiger partial charge in [0, 0.05) is 31.4 Å². The van der Waals surface area contributed by atoms with Crippen LogP contribution in [0.25, 0.3) is 0 Å². The van der Waals surface area contributed by atoms with Crippen molar-refractivity contribution in [1.29, 1.82) is 0 Å². The summed E-state index contributed by atoms with van der Waals surface area (Å²) in [7, 11) is 3.14. The highest BCUT2D eigenvalue weighted by Crippen LogP contribution is 2.44. The Hall–Kier alpha value is -4.05. The second-order valence-electron chi connectivity index (χ2n) is 17.3. The van der Waals surface area contributed by atoms with Crippen molar-refractivity contribution in [2.75, 3.05) is 27.2 Å². The van der Waals surface area contributed by atoms with Crippen molar-refractivity contribution in [3.8, 4) is 0 Å². The van der Waals surface area contributed by atoms with Crippen molar-refractivity contribution in [3.63, 3.8) is 0 Å². The number of thiophene rings is 1. The van der Waals surface area contributed by atoms with Gasteiger partial charge in [0.15, 0.2) is 0 Å². The average molecular weight is 787 g/mol. The molecule has 4 fully saturated rings. The molecule has 4 aliphatic rings. The van der Waals surface area contributed by atoms with Gasteiger partial charge in [-0.25, -0.2) is 4.79 Å². The lowest BCUT2D eigenvalue weighted by atomic mass is 9.83. The normalized spacial score (nSPS) is 23.8. The number of hydrogen-bond acceptors (Lipinski definition) is 10. The number of likely N-dealkylation sites (tertiary alicyclic amines) is 1. The van der Waals surface area contributed by atoms with Crippen LogP contribution < -0.4 is 21.3 Å². The summed E-state index contributed by atoms with van der Waals surface area (Å²) in [6, 6.07) is -0.619. The van der Waals surface area contributed by atoms with E-state index < -0.39 is 83.5 Å². The lowest BCUT2D eigenvalue weighted by Gasteiger charge is -2.36. The Morgan fingerprint density at radius 2 is 1.69 bits per heavy atom. The van der Waals surface area contributed by atoms with E-state index in [9.17, 15) is 33.6 Å². The zero-order valence-electron chi connectivity index (χ0n) is 33.1. The fraction of sp³-hybridized carbons (Fsp3) is 0.718. The number of carbonyl (C=O) groups excluding carboxylic acids is 7. The van der Waals surface area contributed by atoms with Crippen molar-refractivity contribution >= 4 is 52.7 Å². The van der Waals surface area contributed by atoms with Gasteiger partial charge in [0.1, 0.15) is 23.7 Å². The topological polar surface area (TPSA) is 193 Å². The zero-order chi connectivity index (χ0) is 40.2. The minimum atomic E-state index is -1.20. The number of nitrogens with zero attached hydrogens (tertiary/aromatic N) is 2. The van der Waals surface area contributed by atoms with Gasteiger partial charge in [0.25, 0.3) is 5.91 Å². The molecule has 304 valence electrons. The monoisotopic (exact) mass is 786 g/mol. The van der Waals surface area contributed by atoms with E-state index in [2.05, 4.69) is 21.3 Å². The van der Waals surface area contributed by atoms with Crippen LogP contribution >= 0.6 is 11.3 Å². The number of rotatable bonds is 14. The molecule has 4 N–H and O–H groups in total. The molecule has 16 heteroatoms. The lowest BCUT2D eigenvalue weighted by molar-refractivity contribution is -0.145. The fourth-order valence-corrected chi connectivity index (χ4v) is 8.82. The smallest absolute Gasteiger partial charge is 0.408 e. The molecule has 15 nitrogen and oxygen atoms in total. The van der Waals surface area contributed by atoms with Crippen LogP contribution in [-0.4, -0.2) is 114 Å². The standard InChI is InChI=1S/C39H58N6O9S/c1-38(2,3)54-37(52)43-29(23-12-9-8-10-13-23)36(51)45-21-26-24(19-39(4,5)53-26)31(45)33(48)41-25(18-22-15-16-22)32(47)34(49)40-20-28(46)42-30(35(50)44(6)7)27-14-11-17-55-27/h11,14,17,22-26,29-31H,8-10,12-13,15-16,18-21H2,1-7H3,(H,40,49)(H,41,48)(H,42,46)(H,43,52)/t24-,25?,26-,29?,30?,31+/m1/s1. The summed E-state index contributed by atoms with van der Waals surface area (Å²) in [5.41, 5.74) is -1.34. The van der Waals surface area contributed by atoms with E-state index in [4.69, 9.17) is 9.47 Å². The second kappa shape index (κ2) is 17.4.